The number of amides is 1. The van der Waals surface area contributed by atoms with Crippen LogP contribution < -0.4 is 5.73 Å². The number of phenolic OH excluding ortho intramolecular Hbond substituents is 1. The zero-order valence-electron chi connectivity index (χ0n) is 17.2. The van der Waals surface area contributed by atoms with E-state index in [9.17, 15) is 34.8 Å². The molecule has 9 nitrogen and oxygen atoms in total. The summed E-state index contributed by atoms with van der Waals surface area (Å²) in [6, 6.07) is 3.53. The van der Waals surface area contributed by atoms with E-state index in [1.54, 1.807) is 33.2 Å². The average molecular weight is 428 g/mol. The van der Waals surface area contributed by atoms with Gasteiger partial charge in [0, 0.05) is 17.4 Å². The molecule has 4 rings (SSSR count). The van der Waals surface area contributed by atoms with E-state index in [4.69, 9.17) is 5.73 Å². The fourth-order valence-corrected chi connectivity index (χ4v) is 5.48. The molecule has 0 bridgehead atoms. The molecule has 1 unspecified atom stereocenters. The zero-order chi connectivity index (χ0) is 23.0. The molecule has 0 spiro atoms. The molecule has 31 heavy (non-hydrogen) atoms. The van der Waals surface area contributed by atoms with Crippen LogP contribution in [0.4, 0.5) is 0 Å². The van der Waals surface area contributed by atoms with Crippen LogP contribution in [0.3, 0.4) is 0 Å². The number of aliphatic hydroxyl groups excluding tert-OH is 2. The molecule has 0 heterocycles. The summed E-state index contributed by atoms with van der Waals surface area (Å²) in [6.45, 7) is 1.77. The molecule has 0 saturated carbocycles. The molecule has 0 saturated heterocycles. The Labute approximate surface area is 178 Å². The first-order chi connectivity index (χ1) is 14.4. The smallest absolute Gasteiger partial charge is 0.255 e. The van der Waals surface area contributed by atoms with Crippen molar-refractivity contribution in [1.82, 2.24) is 4.90 Å². The number of carbonyl (C=O) groups is 3. The Hall–Kier alpha value is -3.01. The number of aromatic hydroxyl groups is 1. The summed E-state index contributed by atoms with van der Waals surface area (Å²) < 4.78 is 0. The van der Waals surface area contributed by atoms with Crippen LogP contribution in [-0.4, -0.2) is 74.6 Å². The minimum absolute atomic E-state index is 0.0242. The average Bonchev–Trinajstić information content (AvgIpc) is 2.67. The molecule has 0 aromatic heterocycles. The maximum absolute atomic E-state index is 13.3. The van der Waals surface area contributed by atoms with Gasteiger partial charge in [-0.1, -0.05) is 19.1 Å². The first kappa shape index (κ1) is 21.2. The maximum atomic E-state index is 13.3. The summed E-state index contributed by atoms with van der Waals surface area (Å²) in [6.07, 6.45) is -0.357. The summed E-state index contributed by atoms with van der Waals surface area (Å²) in [4.78, 5) is 39.8. The number of Topliss-reactive ketones (excluding diaryl/α,β-unsaturated/α-hetero) is 2. The van der Waals surface area contributed by atoms with Gasteiger partial charge in [0.05, 0.1) is 17.7 Å². The van der Waals surface area contributed by atoms with Crippen molar-refractivity contribution in [2.24, 2.45) is 17.6 Å². The first-order valence-corrected chi connectivity index (χ1v) is 9.87. The topological polar surface area (TPSA) is 161 Å². The monoisotopic (exact) mass is 428 g/mol. The van der Waals surface area contributed by atoms with E-state index < -0.39 is 64.3 Å². The molecule has 6 atom stereocenters. The number of hydrogen-bond donors (Lipinski definition) is 5. The standard InChI is InChI=1S/C22H24N2O7/c1-8-9-5-4-6-11(25)13(9)17(26)10-7-22(31)15(18(27)12(8)10)16(24(2)3)19(28)14(20(22)29)21(23)30/h4-8,12,15-16,18,25,27-28,31H,1-3H3,(H2,23,30)/t8-,12+,15+,16?,18-,22+/m0/s1. The highest BCUT2D eigenvalue weighted by atomic mass is 16.3. The largest absolute Gasteiger partial charge is 0.510 e. The molecule has 0 radical (unpaired) electrons. The van der Waals surface area contributed by atoms with Crippen molar-refractivity contribution in [2.75, 3.05) is 14.1 Å². The number of likely N-dealkylation sites (N-methyl/N-ethyl adjacent to an activating group) is 1. The summed E-state index contributed by atoms with van der Waals surface area (Å²) in [5.41, 5.74) is 2.65. The van der Waals surface area contributed by atoms with Gasteiger partial charge in [-0.05, 0) is 37.7 Å². The van der Waals surface area contributed by atoms with Crippen LogP contribution in [-0.2, 0) is 9.59 Å². The van der Waals surface area contributed by atoms with Crippen LogP contribution in [0.15, 0.2) is 41.2 Å². The molecule has 1 aromatic carbocycles. The highest BCUT2D eigenvalue weighted by Crippen LogP contribution is 2.53. The van der Waals surface area contributed by atoms with Crippen molar-refractivity contribution in [3.63, 3.8) is 0 Å². The summed E-state index contributed by atoms with van der Waals surface area (Å²) in [5, 5.41) is 43.8. The quantitative estimate of drug-likeness (QED) is 0.404. The van der Waals surface area contributed by atoms with Gasteiger partial charge in [0.15, 0.2) is 11.4 Å². The number of nitrogens with two attached hydrogens (primary N) is 1. The molecule has 0 fully saturated rings. The van der Waals surface area contributed by atoms with Gasteiger partial charge < -0.3 is 26.2 Å². The van der Waals surface area contributed by atoms with Crippen LogP contribution in [0.25, 0.3) is 0 Å². The number of phenols is 1. The molecular formula is C22H24N2O7. The number of carbonyl (C=O) groups excluding carboxylic acids is 3. The second kappa shape index (κ2) is 6.74. The number of fused-ring (bicyclic) bond motifs is 3. The second-order valence-corrected chi connectivity index (χ2v) is 8.69. The zero-order valence-corrected chi connectivity index (χ0v) is 17.2. The Bertz CT molecular complexity index is 1090. The van der Waals surface area contributed by atoms with Crippen molar-refractivity contribution in [3.05, 3.63) is 52.3 Å². The van der Waals surface area contributed by atoms with Crippen LogP contribution >= 0.6 is 0 Å². The third-order valence-corrected chi connectivity index (χ3v) is 6.84. The Morgan fingerprint density at radius 2 is 1.84 bits per heavy atom. The lowest BCUT2D eigenvalue weighted by atomic mass is 9.56. The van der Waals surface area contributed by atoms with E-state index >= 15 is 0 Å². The summed E-state index contributed by atoms with van der Waals surface area (Å²) in [7, 11) is 3.12. The van der Waals surface area contributed by atoms with Gasteiger partial charge in [0.1, 0.15) is 17.1 Å². The van der Waals surface area contributed by atoms with Crippen LogP contribution in [0.2, 0.25) is 0 Å². The van der Waals surface area contributed by atoms with E-state index in [2.05, 4.69) is 0 Å². The molecule has 3 aliphatic carbocycles. The van der Waals surface area contributed by atoms with Gasteiger partial charge in [-0.25, -0.2) is 0 Å². The molecule has 6 N–H and O–H groups in total. The Kier molecular flexibility index (Phi) is 4.62. The molecular weight excluding hydrogens is 404 g/mol. The molecule has 1 aromatic rings. The van der Waals surface area contributed by atoms with Gasteiger partial charge in [-0.2, -0.15) is 0 Å². The van der Waals surface area contributed by atoms with Crippen molar-refractivity contribution in [2.45, 2.75) is 30.6 Å². The Morgan fingerprint density at radius 3 is 2.42 bits per heavy atom. The predicted octanol–water partition coefficient (Wildman–Crippen LogP) is -0.233. The lowest BCUT2D eigenvalue weighted by Crippen LogP contribution is -2.66. The van der Waals surface area contributed by atoms with Gasteiger partial charge in [0.2, 0.25) is 5.78 Å². The fourth-order valence-electron chi connectivity index (χ4n) is 5.48. The van der Waals surface area contributed by atoms with E-state index in [1.165, 1.54) is 11.0 Å². The number of primary amides is 1. The SMILES string of the molecule is C[C@H]1c2cccc(O)c2C(=O)C2=C[C@]3(O)C(=O)C(C(N)=O)=C(O)C(N(C)C)[C@@H]3[C@@H](O)[C@@H]21. The van der Waals surface area contributed by atoms with E-state index in [-0.39, 0.29) is 16.9 Å². The number of ketones is 2. The van der Waals surface area contributed by atoms with Gasteiger partial charge in [-0.15, -0.1) is 0 Å². The highest BCUT2D eigenvalue weighted by Gasteiger charge is 2.63. The predicted molar refractivity (Wildman–Crippen MR) is 108 cm³/mol. The van der Waals surface area contributed by atoms with Crippen molar-refractivity contribution < 1.29 is 34.8 Å². The van der Waals surface area contributed by atoms with E-state index in [0.29, 0.717) is 5.56 Å². The molecule has 3 aliphatic rings. The van der Waals surface area contributed by atoms with Gasteiger partial charge >= 0.3 is 0 Å². The van der Waals surface area contributed by atoms with Crippen LogP contribution in [0, 0.1) is 11.8 Å². The number of hydrogen-bond acceptors (Lipinski definition) is 8. The molecule has 164 valence electrons. The van der Waals surface area contributed by atoms with E-state index in [0.717, 1.165) is 6.08 Å². The highest BCUT2D eigenvalue weighted by molar-refractivity contribution is 6.24. The van der Waals surface area contributed by atoms with Gasteiger partial charge in [-0.3, -0.25) is 19.3 Å². The Morgan fingerprint density at radius 1 is 1.19 bits per heavy atom. The minimum Gasteiger partial charge on any atom is -0.510 e. The second-order valence-electron chi connectivity index (χ2n) is 8.69. The van der Waals surface area contributed by atoms with E-state index in [1.807, 2.05) is 0 Å². The number of rotatable bonds is 2. The Balaban J connectivity index is 2.00. The van der Waals surface area contributed by atoms with Crippen molar-refractivity contribution in [3.8, 4) is 5.75 Å². The third kappa shape index (κ3) is 2.63. The lowest BCUT2D eigenvalue weighted by Gasteiger charge is -2.52. The van der Waals surface area contributed by atoms with Gasteiger partial charge in [0.25, 0.3) is 5.91 Å². The lowest BCUT2D eigenvalue weighted by molar-refractivity contribution is -0.152. The molecule has 0 aliphatic heterocycles. The first-order valence-electron chi connectivity index (χ1n) is 9.87. The molecule has 9 heteroatoms. The number of aliphatic hydroxyl groups is 3. The maximum Gasteiger partial charge on any atom is 0.255 e. The molecule has 1 amide bonds. The summed E-state index contributed by atoms with van der Waals surface area (Å²) in [5.74, 6) is -6.37. The number of benzene rings is 1. The third-order valence-electron chi connectivity index (χ3n) is 6.84. The van der Waals surface area contributed by atoms with Crippen LogP contribution in [0.5, 0.6) is 5.75 Å². The summed E-state index contributed by atoms with van der Waals surface area (Å²) >= 11 is 0. The van der Waals surface area contributed by atoms with Crippen molar-refractivity contribution >= 4 is 17.5 Å². The fraction of sp³-hybridized carbons (Fsp3) is 0.409. The minimum atomic E-state index is -2.45. The normalized spacial score (nSPS) is 34.8. The van der Waals surface area contributed by atoms with Crippen molar-refractivity contribution in [1.29, 1.82) is 0 Å². The van der Waals surface area contributed by atoms with Crippen LogP contribution in [0.1, 0.15) is 28.8 Å². The number of nitrogens with zero attached hydrogens (tertiary/aromatic N) is 1.